The van der Waals surface area contributed by atoms with Crippen molar-refractivity contribution in [1.82, 2.24) is 14.2 Å². The quantitative estimate of drug-likeness (QED) is 0.663. The molecule has 0 unspecified atom stereocenters. The summed E-state index contributed by atoms with van der Waals surface area (Å²) in [7, 11) is -3.75. The number of benzene rings is 1. The molecular weight excluding hydrogens is 464 g/mol. The van der Waals surface area contributed by atoms with Crippen molar-refractivity contribution in [2.24, 2.45) is 0 Å². The fourth-order valence-corrected chi connectivity index (χ4v) is 5.61. The largest absolute Gasteiger partial charge is 0.388 e. The Bertz CT molecular complexity index is 1070. The van der Waals surface area contributed by atoms with E-state index in [9.17, 15) is 18.3 Å². The fraction of sp³-hybridized carbons (Fsp3) is 0.391. The van der Waals surface area contributed by atoms with Crippen LogP contribution in [-0.4, -0.2) is 78.5 Å². The summed E-state index contributed by atoms with van der Waals surface area (Å²) in [5.74, 6) is -0.285. The van der Waals surface area contributed by atoms with Gasteiger partial charge in [0, 0.05) is 50.8 Å². The highest BCUT2D eigenvalue weighted by Gasteiger charge is 2.39. The zero-order valence-electron chi connectivity index (χ0n) is 18.3. The van der Waals surface area contributed by atoms with Gasteiger partial charge in [0.15, 0.2) is 0 Å². The van der Waals surface area contributed by atoms with E-state index < -0.39 is 15.6 Å². The first-order chi connectivity index (χ1) is 15.3. The molecule has 0 saturated carbocycles. The van der Waals surface area contributed by atoms with Crippen LogP contribution in [0, 0.1) is 0 Å². The molecule has 0 bridgehead atoms. The summed E-state index contributed by atoms with van der Waals surface area (Å²) < 4.78 is 27.1. The summed E-state index contributed by atoms with van der Waals surface area (Å²) in [4.78, 5) is 20.7. The third-order valence-corrected chi connectivity index (χ3v) is 8.10. The van der Waals surface area contributed by atoms with Crippen molar-refractivity contribution in [3.8, 4) is 0 Å². The highest BCUT2D eigenvalue weighted by molar-refractivity contribution is 7.89. The van der Waals surface area contributed by atoms with Gasteiger partial charge >= 0.3 is 0 Å². The average Bonchev–Trinajstić information content (AvgIpc) is 2.81. The third-order valence-electron chi connectivity index (χ3n) is 6.24. The zero-order chi connectivity index (χ0) is 22.8. The molecule has 2 aliphatic rings. The second-order valence-electron chi connectivity index (χ2n) is 8.34. The van der Waals surface area contributed by atoms with E-state index in [0.29, 0.717) is 25.9 Å². The predicted molar refractivity (Wildman–Crippen MR) is 130 cm³/mol. The lowest BCUT2D eigenvalue weighted by atomic mass is 9.90. The molecule has 2 aliphatic heterocycles. The minimum absolute atomic E-state index is 0. The van der Waals surface area contributed by atoms with Gasteiger partial charge in [0.2, 0.25) is 15.9 Å². The third kappa shape index (κ3) is 5.55. The van der Waals surface area contributed by atoms with E-state index in [4.69, 9.17) is 0 Å². The van der Waals surface area contributed by atoms with Crippen molar-refractivity contribution in [2.75, 3.05) is 44.2 Å². The molecule has 2 fully saturated rings. The number of carbonyl (C=O) groups is 1. The molecule has 178 valence electrons. The number of nitrogens with zero attached hydrogens (tertiary/aromatic N) is 4. The lowest BCUT2D eigenvalue weighted by Crippen LogP contribution is -2.58. The minimum Gasteiger partial charge on any atom is -0.388 e. The van der Waals surface area contributed by atoms with Crippen LogP contribution in [0.3, 0.4) is 0 Å². The number of hydrogen-bond acceptors (Lipinski definition) is 6. The van der Waals surface area contributed by atoms with Crippen LogP contribution in [0.25, 0.3) is 6.08 Å². The summed E-state index contributed by atoms with van der Waals surface area (Å²) in [6.45, 7) is 5.51. The van der Waals surface area contributed by atoms with E-state index in [1.54, 1.807) is 35.5 Å². The Morgan fingerprint density at radius 1 is 1.03 bits per heavy atom. The standard InChI is InChI=1S/C23H28N4O4S.ClH/c1-2-19-3-5-21(6-4-19)32(30,31)27-16-15-26(22(28)17-27)18-23(29)9-13-25(14-10-23)20-7-11-24-12-8-20;/h2-8,11-12,29H,1,9-10,13-18H2;1H. The molecule has 0 spiro atoms. The Hall–Kier alpha value is -2.46. The summed E-state index contributed by atoms with van der Waals surface area (Å²) in [6, 6.07) is 10.3. The van der Waals surface area contributed by atoms with Gasteiger partial charge in [0.05, 0.1) is 17.0 Å². The summed E-state index contributed by atoms with van der Waals surface area (Å²) >= 11 is 0. The van der Waals surface area contributed by atoms with Crippen molar-refractivity contribution >= 4 is 40.1 Å². The van der Waals surface area contributed by atoms with Crippen molar-refractivity contribution in [2.45, 2.75) is 23.3 Å². The SMILES string of the molecule is C=Cc1ccc(S(=O)(=O)N2CCN(CC3(O)CCN(c4ccncc4)CC3)C(=O)C2)cc1.Cl. The number of piperidine rings is 1. The Morgan fingerprint density at radius 3 is 2.24 bits per heavy atom. The second-order valence-corrected chi connectivity index (χ2v) is 10.3. The number of pyridine rings is 1. The van der Waals surface area contributed by atoms with Gasteiger partial charge in [-0.3, -0.25) is 9.78 Å². The van der Waals surface area contributed by atoms with Crippen LogP contribution in [0.1, 0.15) is 18.4 Å². The number of rotatable bonds is 6. The van der Waals surface area contributed by atoms with E-state index in [2.05, 4.69) is 16.5 Å². The van der Waals surface area contributed by atoms with Gasteiger partial charge in [-0.1, -0.05) is 24.8 Å². The van der Waals surface area contributed by atoms with Gasteiger partial charge in [0.1, 0.15) is 0 Å². The van der Waals surface area contributed by atoms with Crippen molar-refractivity contribution < 1.29 is 18.3 Å². The van der Waals surface area contributed by atoms with Gasteiger partial charge < -0.3 is 14.9 Å². The summed E-state index contributed by atoms with van der Waals surface area (Å²) in [5, 5.41) is 11.1. The maximum absolute atomic E-state index is 12.9. The van der Waals surface area contributed by atoms with E-state index in [0.717, 1.165) is 11.3 Å². The first kappa shape index (κ1) is 25.2. The number of aromatic nitrogens is 1. The molecule has 0 radical (unpaired) electrons. The molecule has 1 aromatic heterocycles. The van der Waals surface area contributed by atoms with Gasteiger partial charge in [-0.05, 0) is 42.7 Å². The highest BCUT2D eigenvalue weighted by Crippen LogP contribution is 2.28. The molecule has 2 aromatic rings. The number of piperazine rings is 1. The normalized spacial score (nSPS) is 19.1. The fourth-order valence-electron chi connectivity index (χ4n) is 4.23. The molecule has 3 heterocycles. The molecule has 0 aliphatic carbocycles. The van der Waals surface area contributed by atoms with Gasteiger partial charge in [-0.15, -0.1) is 12.4 Å². The smallest absolute Gasteiger partial charge is 0.243 e. The van der Waals surface area contributed by atoms with Gasteiger partial charge in [0.25, 0.3) is 0 Å². The van der Waals surface area contributed by atoms with Crippen LogP contribution in [0.15, 0.2) is 60.3 Å². The van der Waals surface area contributed by atoms with Crippen molar-refractivity contribution in [1.29, 1.82) is 0 Å². The molecule has 8 nitrogen and oxygen atoms in total. The number of amides is 1. The lowest BCUT2D eigenvalue weighted by molar-refractivity contribution is -0.138. The van der Waals surface area contributed by atoms with Gasteiger partial charge in [-0.25, -0.2) is 8.42 Å². The molecule has 1 amide bonds. The Balaban J connectivity index is 0.00000306. The van der Waals surface area contributed by atoms with Crippen LogP contribution in [-0.2, 0) is 14.8 Å². The summed E-state index contributed by atoms with van der Waals surface area (Å²) in [5.41, 5.74) is 0.923. The first-order valence-corrected chi connectivity index (χ1v) is 12.1. The van der Waals surface area contributed by atoms with Crippen LogP contribution in [0.2, 0.25) is 0 Å². The van der Waals surface area contributed by atoms with Crippen molar-refractivity contribution in [3.05, 3.63) is 60.9 Å². The molecule has 1 N–H and O–H groups in total. The lowest BCUT2D eigenvalue weighted by Gasteiger charge is -2.43. The number of hydrogen-bond donors (Lipinski definition) is 1. The minimum atomic E-state index is -3.75. The number of carbonyl (C=O) groups excluding carboxylic acids is 1. The number of aliphatic hydroxyl groups is 1. The molecule has 1 aromatic carbocycles. The maximum atomic E-state index is 12.9. The molecule has 0 atom stereocenters. The Kier molecular flexibility index (Phi) is 7.79. The Labute approximate surface area is 201 Å². The highest BCUT2D eigenvalue weighted by atomic mass is 35.5. The maximum Gasteiger partial charge on any atom is 0.243 e. The summed E-state index contributed by atoms with van der Waals surface area (Å²) in [6.07, 6.45) is 6.21. The monoisotopic (exact) mass is 492 g/mol. The second kappa shape index (κ2) is 10.2. The van der Waals surface area contributed by atoms with E-state index in [-0.39, 0.29) is 49.4 Å². The Morgan fingerprint density at radius 2 is 1.67 bits per heavy atom. The van der Waals surface area contributed by atoms with E-state index in [1.807, 2.05) is 12.1 Å². The molecule has 4 rings (SSSR count). The van der Waals surface area contributed by atoms with Crippen molar-refractivity contribution in [3.63, 3.8) is 0 Å². The van der Waals surface area contributed by atoms with Crippen LogP contribution in [0.5, 0.6) is 0 Å². The zero-order valence-corrected chi connectivity index (χ0v) is 20.0. The number of sulfonamides is 1. The number of anilines is 1. The topological polar surface area (TPSA) is 94.1 Å². The average molecular weight is 493 g/mol. The first-order valence-electron chi connectivity index (χ1n) is 10.7. The van der Waals surface area contributed by atoms with E-state index in [1.165, 1.54) is 16.4 Å². The van der Waals surface area contributed by atoms with E-state index >= 15 is 0 Å². The molecule has 2 saturated heterocycles. The molecule has 10 heteroatoms. The predicted octanol–water partition coefficient (Wildman–Crippen LogP) is 2.01. The number of halogens is 1. The number of β-amino-alcohol motifs (C(OH)–C–C–N with tert-alkyl or cyclic N) is 1. The van der Waals surface area contributed by atoms with Crippen LogP contribution >= 0.6 is 12.4 Å². The molecule has 33 heavy (non-hydrogen) atoms. The van der Waals surface area contributed by atoms with Gasteiger partial charge in [-0.2, -0.15) is 4.31 Å². The van der Waals surface area contributed by atoms with Crippen LogP contribution < -0.4 is 4.90 Å². The van der Waals surface area contributed by atoms with Crippen LogP contribution in [0.4, 0.5) is 5.69 Å². The molecular formula is C23H29ClN4O4S.